The minimum absolute atomic E-state index is 0.0995. The summed E-state index contributed by atoms with van der Waals surface area (Å²) in [6.45, 7) is 4.25. The summed E-state index contributed by atoms with van der Waals surface area (Å²) >= 11 is 0. The third-order valence-corrected chi connectivity index (χ3v) is 4.03. The van der Waals surface area contributed by atoms with Gasteiger partial charge in [-0.1, -0.05) is 0 Å². The van der Waals surface area contributed by atoms with E-state index in [4.69, 9.17) is 0 Å². The highest BCUT2D eigenvalue weighted by atomic mass is 32.2. The zero-order valence-electron chi connectivity index (χ0n) is 11.2. The van der Waals surface area contributed by atoms with Crippen LogP contribution in [0.2, 0.25) is 0 Å². The van der Waals surface area contributed by atoms with E-state index in [1.165, 1.54) is 6.26 Å². The summed E-state index contributed by atoms with van der Waals surface area (Å²) in [6, 6.07) is 0. The Balaban J connectivity index is 2.10. The maximum Gasteiger partial charge on any atom is 0.236 e. The highest BCUT2D eigenvalue weighted by molar-refractivity contribution is 7.90. The lowest BCUT2D eigenvalue weighted by Crippen LogP contribution is -2.49. The first-order valence-corrected chi connectivity index (χ1v) is 8.29. The molecule has 1 heterocycles. The molecule has 0 aromatic heterocycles. The second kappa shape index (κ2) is 7.06. The standard InChI is InChI=1S/C11H23N3O3S/c1-13-5-7-14(8-6-13)11(15)10-12-4-3-9-18(2,16)17/h12H,3-10H2,1-2H3. The molecule has 0 aliphatic carbocycles. The van der Waals surface area contributed by atoms with Gasteiger partial charge in [0.25, 0.3) is 0 Å². The van der Waals surface area contributed by atoms with Gasteiger partial charge in [-0.05, 0) is 20.0 Å². The van der Waals surface area contributed by atoms with E-state index in [1.54, 1.807) is 0 Å². The molecule has 1 saturated heterocycles. The Hall–Kier alpha value is -0.660. The van der Waals surface area contributed by atoms with Gasteiger partial charge in [-0.15, -0.1) is 0 Å². The van der Waals surface area contributed by atoms with Gasteiger partial charge in [0, 0.05) is 32.4 Å². The van der Waals surface area contributed by atoms with E-state index in [-0.39, 0.29) is 11.7 Å². The van der Waals surface area contributed by atoms with Crippen LogP contribution < -0.4 is 5.32 Å². The zero-order valence-corrected chi connectivity index (χ0v) is 12.0. The average Bonchev–Trinajstić information content (AvgIpc) is 2.27. The summed E-state index contributed by atoms with van der Waals surface area (Å²) in [5, 5.41) is 3.00. The number of nitrogens with one attached hydrogen (secondary N) is 1. The molecular formula is C11H23N3O3S. The SMILES string of the molecule is CN1CCN(C(=O)CNCCCS(C)(=O)=O)CC1. The van der Waals surface area contributed by atoms with Crippen LogP contribution >= 0.6 is 0 Å². The monoisotopic (exact) mass is 277 g/mol. The number of hydrogen-bond donors (Lipinski definition) is 1. The summed E-state index contributed by atoms with van der Waals surface area (Å²) in [5.74, 6) is 0.269. The Kier molecular flexibility index (Phi) is 6.04. The molecule has 0 saturated carbocycles. The smallest absolute Gasteiger partial charge is 0.236 e. The summed E-state index contributed by atoms with van der Waals surface area (Å²) in [5.41, 5.74) is 0. The molecule has 1 rings (SSSR count). The number of nitrogens with zero attached hydrogens (tertiary/aromatic N) is 2. The lowest BCUT2D eigenvalue weighted by atomic mass is 10.3. The molecule has 1 fully saturated rings. The van der Waals surface area contributed by atoms with E-state index in [9.17, 15) is 13.2 Å². The normalized spacial score (nSPS) is 18.0. The lowest BCUT2D eigenvalue weighted by molar-refractivity contribution is -0.131. The largest absolute Gasteiger partial charge is 0.339 e. The Labute approximate surface area is 109 Å². The highest BCUT2D eigenvalue weighted by Crippen LogP contribution is 1.98. The Morgan fingerprint density at radius 1 is 1.22 bits per heavy atom. The Morgan fingerprint density at radius 2 is 1.83 bits per heavy atom. The third kappa shape index (κ3) is 6.32. The van der Waals surface area contributed by atoms with Gasteiger partial charge in [-0.25, -0.2) is 8.42 Å². The van der Waals surface area contributed by atoms with Crippen molar-refractivity contribution in [2.45, 2.75) is 6.42 Å². The van der Waals surface area contributed by atoms with Gasteiger partial charge in [-0.2, -0.15) is 0 Å². The van der Waals surface area contributed by atoms with Crippen molar-refractivity contribution in [3.63, 3.8) is 0 Å². The predicted molar refractivity (Wildman–Crippen MR) is 71.3 cm³/mol. The van der Waals surface area contributed by atoms with Gasteiger partial charge >= 0.3 is 0 Å². The fourth-order valence-electron chi connectivity index (χ4n) is 1.82. The molecule has 0 spiro atoms. The number of amides is 1. The number of piperazine rings is 1. The van der Waals surface area contributed by atoms with E-state index in [0.717, 1.165) is 26.2 Å². The van der Waals surface area contributed by atoms with Crippen molar-refractivity contribution in [3.05, 3.63) is 0 Å². The molecule has 0 aromatic carbocycles. The van der Waals surface area contributed by atoms with Gasteiger partial charge < -0.3 is 15.1 Å². The van der Waals surface area contributed by atoms with E-state index in [0.29, 0.717) is 19.5 Å². The van der Waals surface area contributed by atoms with Crippen LogP contribution in [-0.2, 0) is 14.6 Å². The van der Waals surface area contributed by atoms with Crippen LogP contribution in [0.5, 0.6) is 0 Å². The molecular weight excluding hydrogens is 254 g/mol. The summed E-state index contributed by atoms with van der Waals surface area (Å²) in [7, 11) is -0.845. The summed E-state index contributed by atoms with van der Waals surface area (Å²) in [6.07, 6.45) is 1.78. The minimum Gasteiger partial charge on any atom is -0.339 e. The number of sulfone groups is 1. The molecule has 0 atom stereocenters. The van der Waals surface area contributed by atoms with Crippen molar-refractivity contribution >= 4 is 15.7 Å². The fraction of sp³-hybridized carbons (Fsp3) is 0.909. The van der Waals surface area contributed by atoms with Gasteiger partial charge in [0.15, 0.2) is 0 Å². The zero-order chi connectivity index (χ0) is 13.6. The summed E-state index contributed by atoms with van der Waals surface area (Å²) in [4.78, 5) is 15.8. The molecule has 18 heavy (non-hydrogen) atoms. The molecule has 0 bridgehead atoms. The lowest BCUT2D eigenvalue weighted by Gasteiger charge is -2.32. The van der Waals surface area contributed by atoms with Crippen LogP contribution in [0.25, 0.3) is 0 Å². The predicted octanol–water partition coefficient (Wildman–Crippen LogP) is -1.22. The molecule has 7 heteroatoms. The number of rotatable bonds is 6. The number of likely N-dealkylation sites (N-methyl/N-ethyl adjacent to an activating group) is 1. The van der Waals surface area contributed by atoms with Gasteiger partial charge in [-0.3, -0.25) is 4.79 Å². The highest BCUT2D eigenvalue weighted by Gasteiger charge is 2.18. The molecule has 1 aliphatic rings. The molecule has 106 valence electrons. The maximum atomic E-state index is 11.8. The van der Waals surface area contributed by atoms with E-state index < -0.39 is 9.84 Å². The number of carbonyl (C=O) groups excluding carboxylic acids is 1. The molecule has 1 amide bonds. The van der Waals surface area contributed by atoms with Crippen LogP contribution in [0.15, 0.2) is 0 Å². The van der Waals surface area contributed by atoms with Crippen molar-refractivity contribution in [1.29, 1.82) is 0 Å². The second-order valence-electron chi connectivity index (χ2n) is 4.84. The molecule has 0 unspecified atom stereocenters. The molecule has 0 radical (unpaired) electrons. The maximum absolute atomic E-state index is 11.8. The minimum atomic E-state index is -2.89. The first-order valence-electron chi connectivity index (χ1n) is 6.23. The molecule has 6 nitrogen and oxygen atoms in total. The topological polar surface area (TPSA) is 69.7 Å². The number of hydrogen-bond acceptors (Lipinski definition) is 5. The third-order valence-electron chi connectivity index (χ3n) is 3.00. The van der Waals surface area contributed by atoms with E-state index >= 15 is 0 Å². The van der Waals surface area contributed by atoms with Crippen molar-refractivity contribution in [2.75, 3.05) is 58.3 Å². The van der Waals surface area contributed by atoms with Crippen molar-refractivity contribution in [2.24, 2.45) is 0 Å². The van der Waals surface area contributed by atoms with E-state index in [2.05, 4.69) is 10.2 Å². The quantitative estimate of drug-likeness (QED) is 0.617. The van der Waals surface area contributed by atoms with Crippen LogP contribution in [0.4, 0.5) is 0 Å². The van der Waals surface area contributed by atoms with Crippen LogP contribution in [-0.4, -0.2) is 82.4 Å². The molecule has 0 aromatic rings. The van der Waals surface area contributed by atoms with Crippen LogP contribution in [0.3, 0.4) is 0 Å². The number of carbonyl (C=O) groups is 1. The fourth-order valence-corrected chi connectivity index (χ4v) is 2.49. The first kappa shape index (κ1) is 15.4. The van der Waals surface area contributed by atoms with Crippen molar-refractivity contribution in [3.8, 4) is 0 Å². The summed E-state index contributed by atoms with van der Waals surface area (Å²) < 4.78 is 21.8. The van der Waals surface area contributed by atoms with Gasteiger partial charge in [0.05, 0.1) is 12.3 Å². The Morgan fingerprint density at radius 3 is 2.39 bits per heavy atom. The van der Waals surface area contributed by atoms with Crippen molar-refractivity contribution in [1.82, 2.24) is 15.1 Å². The molecule has 1 N–H and O–H groups in total. The van der Waals surface area contributed by atoms with Crippen LogP contribution in [0, 0.1) is 0 Å². The average molecular weight is 277 g/mol. The molecule has 1 aliphatic heterocycles. The van der Waals surface area contributed by atoms with Gasteiger partial charge in [0.1, 0.15) is 9.84 Å². The van der Waals surface area contributed by atoms with Crippen LogP contribution in [0.1, 0.15) is 6.42 Å². The van der Waals surface area contributed by atoms with Crippen molar-refractivity contribution < 1.29 is 13.2 Å². The first-order chi connectivity index (χ1) is 8.38. The second-order valence-corrected chi connectivity index (χ2v) is 7.10. The van der Waals surface area contributed by atoms with Gasteiger partial charge in [0.2, 0.25) is 5.91 Å². The van der Waals surface area contributed by atoms with E-state index in [1.807, 2.05) is 11.9 Å². The Bertz CT molecular complexity index is 362.